The summed E-state index contributed by atoms with van der Waals surface area (Å²) < 4.78 is 0. The number of carboxylic acid groups (broad SMARTS) is 1. The lowest BCUT2D eigenvalue weighted by atomic mass is 9.45. The van der Waals surface area contributed by atoms with Crippen molar-refractivity contribution < 1.29 is 9.90 Å². The van der Waals surface area contributed by atoms with Crippen LogP contribution in [0.3, 0.4) is 0 Å². The van der Waals surface area contributed by atoms with Gasteiger partial charge in [0, 0.05) is 12.4 Å². The predicted molar refractivity (Wildman–Crippen MR) is 70.6 cm³/mol. The molecule has 4 bridgehead atoms. The van der Waals surface area contributed by atoms with Crippen LogP contribution in [0.2, 0.25) is 0 Å². The van der Waals surface area contributed by atoms with Crippen molar-refractivity contribution in [2.75, 3.05) is 0 Å². The maximum atomic E-state index is 11.5. The van der Waals surface area contributed by atoms with Crippen LogP contribution in [0, 0.1) is 23.7 Å². The molecule has 1 heterocycles. The highest BCUT2D eigenvalue weighted by Crippen LogP contribution is 2.62. The molecular formula is C16H19NO2. The molecule has 0 amide bonds. The van der Waals surface area contributed by atoms with Gasteiger partial charge in [-0.25, -0.2) is 0 Å². The maximum absolute atomic E-state index is 11.5. The van der Waals surface area contributed by atoms with E-state index in [1.165, 1.54) is 12.0 Å². The number of carboxylic acids is 1. The third-order valence-corrected chi connectivity index (χ3v) is 5.83. The summed E-state index contributed by atoms with van der Waals surface area (Å²) in [6.07, 6.45) is 9.46. The number of rotatable bonds is 2. The summed E-state index contributed by atoms with van der Waals surface area (Å²) in [6, 6.07) is 4.21. The second kappa shape index (κ2) is 3.81. The van der Waals surface area contributed by atoms with E-state index in [-0.39, 0.29) is 11.3 Å². The molecule has 4 saturated carbocycles. The molecule has 1 aromatic heterocycles. The minimum absolute atomic E-state index is 0.0821. The fraction of sp³-hybridized carbons (Fsp3) is 0.625. The highest BCUT2D eigenvalue weighted by atomic mass is 16.4. The molecule has 4 aliphatic carbocycles. The molecule has 4 aliphatic rings. The second-order valence-corrected chi connectivity index (χ2v) is 6.86. The fourth-order valence-corrected chi connectivity index (χ4v) is 5.46. The van der Waals surface area contributed by atoms with Crippen LogP contribution < -0.4 is 0 Å². The van der Waals surface area contributed by atoms with Crippen LogP contribution in [0.1, 0.15) is 37.7 Å². The molecule has 0 aliphatic heterocycles. The number of hydrogen-bond donors (Lipinski definition) is 1. The maximum Gasteiger partial charge on any atom is 0.307 e. The Morgan fingerprint density at radius 1 is 1.26 bits per heavy atom. The van der Waals surface area contributed by atoms with E-state index in [1.54, 1.807) is 0 Å². The predicted octanol–water partition coefficient (Wildman–Crippen LogP) is 2.86. The number of aromatic nitrogens is 1. The Morgan fingerprint density at radius 2 is 2.00 bits per heavy atom. The van der Waals surface area contributed by atoms with Gasteiger partial charge in [0.15, 0.2) is 0 Å². The molecule has 4 fully saturated rings. The Hall–Kier alpha value is -1.38. The summed E-state index contributed by atoms with van der Waals surface area (Å²) in [5.41, 5.74) is 1.58. The first-order valence-corrected chi connectivity index (χ1v) is 7.31. The Balaban J connectivity index is 1.73. The van der Waals surface area contributed by atoms with E-state index in [9.17, 15) is 9.90 Å². The number of aliphatic carboxylic acids is 1. The SMILES string of the molecule is O=C(O)C1C2CC3CC1CC(c1cccnc1)(C3)C2. The average Bonchev–Trinajstić information content (AvgIpc) is 2.38. The first-order valence-electron chi connectivity index (χ1n) is 7.31. The van der Waals surface area contributed by atoms with E-state index in [0.717, 1.165) is 31.6 Å². The van der Waals surface area contributed by atoms with Gasteiger partial charge in [-0.2, -0.15) is 0 Å². The van der Waals surface area contributed by atoms with Crippen LogP contribution in [0.25, 0.3) is 0 Å². The van der Waals surface area contributed by atoms with Crippen LogP contribution in [-0.2, 0) is 10.2 Å². The summed E-state index contributed by atoms with van der Waals surface area (Å²) in [6.45, 7) is 0. The van der Waals surface area contributed by atoms with Crippen LogP contribution in [-0.4, -0.2) is 16.1 Å². The molecule has 5 rings (SSSR count). The average molecular weight is 257 g/mol. The second-order valence-electron chi connectivity index (χ2n) is 6.86. The molecule has 100 valence electrons. The van der Waals surface area contributed by atoms with Gasteiger partial charge in [0.2, 0.25) is 0 Å². The van der Waals surface area contributed by atoms with E-state index in [4.69, 9.17) is 0 Å². The molecule has 19 heavy (non-hydrogen) atoms. The quantitative estimate of drug-likeness (QED) is 0.886. The molecule has 3 heteroatoms. The third-order valence-electron chi connectivity index (χ3n) is 5.83. The molecule has 1 aromatic rings. The zero-order chi connectivity index (χ0) is 13.0. The van der Waals surface area contributed by atoms with Gasteiger partial charge < -0.3 is 5.11 Å². The van der Waals surface area contributed by atoms with Gasteiger partial charge in [-0.15, -0.1) is 0 Å². The van der Waals surface area contributed by atoms with Crippen molar-refractivity contribution in [1.82, 2.24) is 4.98 Å². The molecule has 2 atom stereocenters. The van der Waals surface area contributed by atoms with Crippen molar-refractivity contribution in [3.05, 3.63) is 30.1 Å². The zero-order valence-electron chi connectivity index (χ0n) is 11.0. The molecule has 0 aromatic carbocycles. The van der Waals surface area contributed by atoms with Crippen LogP contribution in [0.15, 0.2) is 24.5 Å². The molecule has 1 N–H and O–H groups in total. The molecule has 0 saturated heterocycles. The summed E-state index contributed by atoms with van der Waals surface area (Å²) in [5, 5.41) is 9.49. The summed E-state index contributed by atoms with van der Waals surface area (Å²) in [7, 11) is 0. The van der Waals surface area contributed by atoms with Crippen molar-refractivity contribution in [2.45, 2.75) is 37.5 Å². The monoisotopic (exact) mass is 257 g/mol. The standard InChI is InChI=1S/C16H19NO2/c18-15(19)14-11-4-10-5-12(14)8-16(6-10,7-11)13-2-1-3-17-9-13/h1-3,9-12,14H,4-8H2,(H,18,19). The highest BCUT2D eigenvalue weighted by molar-refractivity contribution is 5.71. The van der Waals surface area contributed by atoms with Gasteiger partial charge in [-0.3, -0.25) is 9.78 Å². The fourth-order valence-electron chi connectivity index (χ4n) is 5.46. The van der Waals surface area contributed by atoms with Gasteiger partial charge in [0.25, 0.3) is 0 Å². The van der Waals surface area contributed by atoms with Crippen molar-refractivity contribution >= 4 is 5.97 Å². The van der Waals surface area contributed by atoms with Crippen LogP contribution >= 0.6 is 0 Å². The minimum Gasteiger partial charge on any atom is -0.481 e. The molecule has 0 radical (unpaired) electrons. The first-order chi connectivity index (χ1) is 9.18. The Kier molecular flexibility index (Phi) is 2.30. The number of hydrogen-bond acceptors (Lipinski definition) is 2. The van der Waals surface area contributed by atoms with E-state index in [1.807, 2.05) is 18.5 Å². The Morgan fingerprint density at radius 3 is 2.58 bits per heavy atom. The molecular weight excluding hydrogens is 238 g/mol. The van der Waals surface area contributed by atoms with Gasteiger partial charge in [-0.1, -0.05) is 6.07 Å². The smallest absolute Gasteiger partial charge is 0.307 e. The van der Waals surface area contributed by atoms with E-state index < -0.39 is 5.97 Å². The number of carbonyl (C=O) groups is 1. The van der Waals surface area contributed by atoms with Gasteiger partial charge in [-0.05, 0) is 66.9 Å². The lowest BCUT2D eigenvalue weighted by Gasteiger charge is -2.59. The number of pyridine rings is 1. The summed E-state index contributed by atoms with van der Waals surface area (Å²) in [4.78, 5) is 15.8. The van der Waals surface area contributed by atoms with E-state index >= 15 is 0 Å². The van der Waals surface area contributed by atoms with Crippen molar-refractivity contribution in [3.63, 3.8) is 0 Å². The molecule has 0 spiro atoms. The first kappa shape index (κ1) is 11.4. The molecule has 2 unspecified atom stereocenters. The Labute approximate surface area is 113 Å². The van der Waals surface area contributed by atoms with E-state index in [2.05, 4.69) is 11.1 Å². The van der Waals surface area contributed by atoms with Crippen molar-refractivity contribution in [1.29, 1.82) is 0 Å². The van der Waals surface area contributed by atoms with Crippen LogP contribution in [0.4, 0.5) is 0 Å². The van der Waals surface area contributed by atoms with Crippen LogP contribution in [0.5, 0.6) is 0 Å². The van der Waals surface area contributed by atoms with Gasteiger partial charge in [0.1, 0.15) is 0 Å². The minimum atomic E-state index is -0.560. The van der Waals surface area contributed by atoms with Gasteiger partial charge in [0.05, 0.1) is 5.92 Å². The van der Waals surface area contributed by atoms with Gasteiger partial charge >= 0.3 is 5.97 Å². The topological polar surface area (TPSA) is 50.2 Å². The largest absolute Gasteiger partial charge is 0.481 e. The lowest BCUT2D eigenvalue weighted by Crippen LogP contribution is -2.54. The molecule has 3 nitrogen and oxygen atoms in total. The third kappa shape index (κ3) is 1.57. The number of nitrogens with zero attached hydrogens (tertiary/aromatic N) is 1. The van der Waals surface area contributed by atoms with E-state index in [0.29, 0.717) is 11.8 Å². The lowest BCUT2D eigenvalue weighted by molar-refractivity contribution is -0.157. The summed E-state index contributed by atoms with van der Waals surface area (Å²) >= 11 is 0. The highest BCUT2D eigenvalue weighted by Gasteiger charge is 2.57. The van der Waals surface area contributed by atoms with Crippen molar-refractivity contribution in [3.8, 4) is 0 Å². The zero-order valence-corrected chi connectivity index (χ0v) is 11.0. The Bertz CT molecular complexity index is 497. The summed E-state index contributed by atoms with van der Waals surface area (Å²) in [5.74, 6) is 0.887. The van der Waals surface area contributed by atoms with Crippen molar-refractivity contribution in [2.24, 2.45) is 23.7 Å². The normalized spacial score (nSPS) is 43.4.